The Balaban J connectivity index is 1.77. The van der Waals surface area contributed by atoms with Gasteiger partial charge in [-0.2, -0.15) is 0 Å². The molecule has 0 aliphatic rings. The Hall–Kier alpha value is -2.76. The summed E-state index contributed by atoms with van der Waals surface area (Å²) in [5.74, 6) is -0.0690. The molecule has 4 rings (SSSR count). The first-order valence-corrected chi connectivity index (χ1v) is 10.7. The SMILES string of the molecule is Cc1ccc(N(Cc2cccs2)C(=O)c2nc(C)sc2-c2ccccc2)cc1. The molecular weight excluding hydrogens is 384 g/mol. The summed E-state index contributed by atoms with van der Waals surface area (Å²) in [7, 11) is 0. The normalized spacial score (nSPS) is 10.8. The molecule has 28 heavy (non-hydrogen) atoms. The third-order valence-electron chi connectivity index (χ3n) is 4.46. The molecule has 0 fully saturated rings. The van der Waals surface area contributed by atoms with Gasteiger partial charge in [0.2, 0.25) is 0 Å². The van der Waals surface area contributed by atoms with Crippen LogP contribution in [0.1, 0.15) is 25.9 Å². The Morgan fingerprint density at radius 1 is 0.964 bits per heavy atom. The molecular formula is C23H20N2OS2. The summed E-state index contributed by atoms with van der Waals surface area (Å²) in [6.45, 7) is 4.53. The van der Waals surface area contributed by atoms with Crippen LogP contribution in [0.3, 0.4) is 0 Å². The first kappa shape index (κ1) is 18.6. The summed E-state index contributed by atoms with van der Waals surface area (Å²) in [5.41, 5.74) is 3.60. The van der Waals surface area contributed by atoms with Gasteiger partial charge in [0.05, 0.1) is 16.4 Å². The van der Waals surface area contributed by atoms with Crippen molar-refractivity contribution in [3.8, 4) is 10.4 Å². The molecule has 0 aliphatic heterocycles. The molecule has 5 heteroatoms. The number of anilines is 1. The van der Waals surface area contributed by atoms with E-state index in [4.69, 9.17) is 0 Å². The summed E-state index contributed by atoms with van der Waals surface area (Å²) >= 11 is 3.22. The molecule has 0 atom stereocenters. The molecule has 0 spiro atoms. The molecule has 0 radical (unpaired) electrons. The van der Waals surface area contributed by atoms with Crippen LogP contribution < -0.4 is 4.90 Å². The number of aryl methyl sites for hydroxylation is 2. The van der Waals surface area contributed by atoms with Crippen LogP contribution in [0.2, 0.25) is 0 Å². The van der Waals surface area contributed by atoms with E-state index in [0.29, 0.717) is 12.2 Å². The minimum absolute atomic E-state index is 0.0690. The van der Waals surface area contributed by atoms with Crippen molar-refractivity contribution >= 4 is 34.3 Å². The molecule has 0 saturated carbocycles. The van der Waals surface area contributed by atoms with Gasteiger partial charge in [0.1, 0.15) is 5.69 Å². The van der Waals surface area contributed by atoms with Crippen LogP contribution in [0, 0.1) is 13.8 Å². The van der Waals surface area contributed by atoms with E-state index in [1.165, 1.54) is 5.56 Å². The maximum Gasteiger partial charge on any atom is 0.278 e. The topological polar surface area (TPSA) is 33.2 Å². The lowest BCUT2D eigenvalue weighted by Crippen LogP contribution is -2.30. The van der Waals surface area contributed by atoms with Crippen molar-refractivity contribution < 1.29 is 4.79 Å². The summed E-state index contributed by atoms with van der Waals surface area (Å²) in [5, 5.41) is 2.93. The summed E-state index contributed by atoms with van der Waals surface area (Å²) in [4.78, 5) is 22.1. The lowest BCUT2D eigenvalue weighted by atomic mass is 10.1. The van der Waals surface area contributed by atoms with Crippen LogP contribution in [-0.2, 0) is 6.54 Å². The number of hydrogen-bond donors (Lipinski definition) is 0. The van der Waals surface area contributed by atoms with E-state index in [9.17, 15) is 4.79 Å². The van der Waals surface area contributed by atoms with Gasteiger partial charge in [-0.3, -0.25) is 4.79 Å². The molecule has 0 aliphatic carbocycles. The van der Waals surface area contributed by atoms with Gasteiger partial charge in [0.25, 0.3) is 5.91 Å². The molecule has 2 aromatic carbocycles. The molecule has 0 N–H and O–H groups in total. The Labute approximate surface area is 172 Å². The smallest absolute Gasteiger partial charge is 0.278 e. The van der Waals surface area contributed by atoms with Gasteiger partial charge in [0.15, 0.2) is 0 Å². The van der Waals surface area contributed by atoms with E-state index >= 15 is 0 Å². The van der Waals surface area contributed by atoms with Crippen LogP contribution in [0.5, 0.6) is 0 Å². The average molecular weight is 405 g/mol. The van der Waals surface area contributed by atoms with Crippen molar-refractivity contribution in [2.24, 2.45) is 0 Å². The van der Waals surface area contributed by atoms with Crippen LogP contribution >= 0.6 is 22.7 Å². The predicted octanol–water partition coefficient (Wildman–Crippen LogP) is 6.34. The Morgan fingerprint density at radius 2 is 1.71 bits per heavy atom. The number of rotatable bonds is 5. The van der Waals surface area contributed by atoms with Gasteiger partial charge in [0, 0.05) is 10.6 Å². The number of benzene rings is 2. The monoisotopic (exact) mass is 404 g/mol. The Kier molecular flexibility index (Phi) is 5.37. The second-order valence-corrected chi connectivity index (χ2v) is 8.82. The molecule has 3 nitrogen and oxygen atoms in total. The standard InChI is InChI=1S/C23H20N2OS2/c1-16-10-12-19(13-11-16)25(15-20-9-6-14-27-20)23(26)21-22(28-17(2)24-21)18-7-4-3-5-8-18/h3-14H,15H2,1-2H3. The first-order chi connectivity index (χ1) is 13.6. The minimum atomic E-state index is -0.0690. The van der Waals surface area contributed by atoms with Crippen LogP contribution in [0.25, 0.3) is 10.4 Å². The molecule has 0 saturated heterocycles. The number of aromatic nitrogens is 1. The fourth-order valence-corrected chi connectivity index (χ4v) is 4.66. The maximum absolute atomic E-state index is 13.6. The van der Waals surface area contributed by atoms with Gasteiger partial charge in [-0.15, -0.1) is 22.7 Å². The molecule has 140 valence electrons. The Bertz CT molecular complexity index is 1070. The zero-order chi connectivity index (χ0) is 19.5. The van der Waals surface area contributed by atoms with E-state index in [0.717, 1.165) is 26.0 Å². The quantitative estimate of drug-likeness (QED) is 0.389. The van der Waals surface area contributed by atoms with Gasteiger partial charge >= 0.3 is 0 Å². The highest BCUT2D eigenvalue weighted by Gasteiger charge is 2.25. The van der Waals surface area contributed by atoms with Crippen LogP contribution in [-0.4, -0.2) is 10.9 Å². The number of carbonyl (C=O) groups excluding carboxylic acids is 1. The number of hydrogen-bond acceptors (Lipinski definition) is 4. The maximum atomic E-state index is 13.6. The highest BCUT2D eigenvalue weighted by Crippen LogP contribution is 2.32. The largest absolute Gasteiger partial charge is 0.302 e. The van der Waals surface area contributed by atoms with Crippen molar-refractivity contribution in [2.45, 2.75) is 20.4 Å². The third-order valence-corrected chi connectivity index (χ3v) is 6.34. The molecule has 2 heterocycles. The van der Waals surface area contributed by atoms with Crippen LogP contribution in [0.4, 0.5) is 5.69 Å². The zero-order valence-corrected chi connectivity index (χ0v) is 17.4. The van der Waals surface area contributed by atoms with Crippen LogP contribution in [0.15, 0.2) is 72.1 Å². The average Bonchev–Trinajstić information content (AvgIpc) is 3.37. The molecule has 1 amide bonds. The third kappa shape index (κ3) is 3.91. The molecule has 4 aromatic rings. The predicted molar refractivity (Wildman–Crippen MR) is 118 cm³/mol. The van der Waals surface area contributed by atoms with Gasteiger partial charge in [-0.05, 0) is 43.0 Å². The van der Waals surface area contributed by atoms with E-state index in [-0.39, 0.29) is 5.91 Å². The fourth-order valence-electron chi connectivity index (χ4n) is 3.05. The molecule has 0 bridgehead atoms. The van der Waals surface area contributed by atoms with Gasteiger partial charge in [-0.1, -0.05) is 54.1 Å². The minimum Gasteiger partial charge on any atom is -0.302 e. The van der Waals surface area contributed by atoms with E-state index in [2.05, 4.69) is 11.1 Å². The number of nitrogens with zero attached hydrogens (tertiary/aromatic N) is 2. The number of amides is 1. The highest BCUT2D eigenvalue weighted by molar-refractivity contribution is 7.15. The number of carbonyl (C=O) groups is 1. The summed E-state index contributed by atoms with van der Waals surface area (Å²) in [6.07, 6.45) is 0. The van der Waals surface area contributed by atoms with E-state index in [1.807, 2.05) is 84.8 Å². The number of thiazole rings is 1. The van der Waals surface area contributed by atoms with Crippen molar-refractivity contribution in [1.29, 1.82) is 0 Å². The lowest BCUT2D eigenvalue weighted by molar-refractivity contribution is 0.0981. The van der Waals surface area contributed by atoms with Gasteiger partial charge < -0.3 is 4.90 Å². The van der Waals surface area contributed by atoms with Crippen molar-refractivity contribution in [2.75, 3.05) is 4.90 Å². The van der Waals surface area contributed by atoms with E-state index < -0.39 is 0 Å². The second-order valence-electron chi connectivity index (χ2n) is 6.58. The Morgan fingerprint density at radius 3 is 2.39 bits per heavy atom. The lowest BCUT2D eigenvalue weighted by Gasteiger charge is -2.22. The first-order valence-electron chi connectivity index (χ1n) is 9.05. The van der Waals surface area contributed by atoms with Gasteiger partial charge in [-0.25, -0.2) is 4.98 Å². The second kappa shape index (κ2) is 8.09. The molecule has 0 unspecified atom stereocenters. The summed E-state index contributed by atoms with van der Waals surface area (Å²) in [6, 6.07) is 22.2. The van der Waals surface area contributed by atoms with Crippen molar-refractivity contribution in [3.63, 3.8) is 0 Å². The zero-order valence-electron chi connectivity index (χ0n) is 15.8. The van der Waals surface area contributed by atoms with Crippen molar-refractivity contribution in [1.82, 2.24) is 4.98 Å². The van der Waals surface area contributed by atoms with E-state index in [1.54, 1.807) is 22.7 Å². The van der Waals surface area contributed by atoms with Crippen molar-refractivity contribution in [3.05, 3.63) is 93.3 Å². The molecule has 2 aromatic heterocycles. The number of thiophene rings is 1. The fraction of sp³-hybridized carbons (Fsp3) is 0.130. The summed E-state index contributed by atoms with van der Waals surface area (Å²) < 4.78 is 0. The highest BCUT2D eigenvalue weighted by atomic mass is 32.1.